The molecule has 7 heteroatoms. The van der Waals surface area contributed by atoms with Crippen molar-refractivity contribution in [3.05, 3.63) is 20.6 Å². The van der Waals surface area contributed by atoms with Gasteiger partial charge in [0.25, 0.3) is 0 Å². The van der Waals surface area contributed by atoms with Gasteiger partial charge in [0.05, 0.1) is 8.95 Å². The van der Waals surface area contributed by atoms with Gasteiger partial charge in [0, 0.05) is 10.2 Å². The zero-order valence-electron chi connectivity index (χ0n) is 8.22. The first-order valence-corrected chi connectivity index (χ1v) is 5.74. The van der Waals surface area contributed by atoms with Gasteiger partial charge in [0.1, 0.15) is 5.75 Å². The lowest BCUT2D eigenvalue weighted by Gasteiger charge is -2.12. The third-order valence-corrected chi connectivity index (χ3v) is 3.43. The van der Waals surface area contributed by atoms with Crippen molar-refractivity contribution < 1.29 is 19.0 Å². The van der Waals surface area contributed by atoms with Crippen molar-refractivity contribution in [2.24, 2.45) is 0 Å². The van der Waals surface area contributed by atoms with Crippen LogP contribution in [0.4, 0.5) is 10.2 Å². The number of hydrogen-bond acceptors (Lipinski definition) is 4. The quantitative estimate of drug-likeness (QED) is 0.846. The van der Waals surface area contributed by atoms with Crippen LogP contribution in [-0.2, 0) is 9.74 Å². The monoisotopic (exact) mass is 355 g/mol. The van der Waals surface area contributed by atoms with Gasteiger partial charge in [-0.3, -0.25) is 4.94 Å². The average Bonchev–Trinajstić information content (AvgIpc) is 2.25. The van der Waals surface area contributed by atoms with Gasteiger partial charge in [-0.2, -0.15) is 0 Å². The Labute approximate surface area is 108 Å². The molecule has 0 atom stereocenters. The first kappa shape index (κ1) is 13.2. The van der Waals surface area contributed by atoms with Gasteiger partial charge in [-0.25, -0.2) is 4.79 Å². The van der Waals surface area contributed by atoms with Crippen molar-refractivity contribution in [2.75, 3.05) is 12.3 Å². The highest BCUT2D eigenvalue weighted by Crippen LogP contribution is 2.38. The van der Waals surface area contributed by atoms with E-state index in [4.69, 9.17) is 10.5 Å². The van der Waals surface area contributed by atoms with Gasteiger partial charge >= 0.3 is 5.97 Å². The van der Waals surface area contributed by atoms with Crippen molar-refractivity contribution in [3.8, 4) is 5.75 Å². The van der Waals surface area contributed by atoms with Crippen molar-refractivity contribution >= 4 is 43.5 Å². The van der Waals surface area contributed by atoms with Crippen LogP contribution in [0.3, 0.4) is 0 Å². The number of carbonyl (C=O) groups excluding carboxylic acids is 1. The summed E-state index contributed by atoms with van der Waals surface area (Å²) < 4.78 is 17.7. The fourth-order valence-corrected chi connectivity index (χ4v) is 2.38. The van der Waals surface area contributed by atoms with Gasteiger partial charge in [-0.1, -0.05) is 0 Å². The summed E-state index contributed by atoms with van der Waals surface area (Å²) in [6.45, 7) is 1.27. The molecule has 0 aromatic heterocycles. The van der Waals surface area contributed by atoms with E-state index in [2.05, 4.69) is 36.8 Å². The number of hydrogen-bond donors (Lipinski definition) is 1. The van der Waals surface area contributed by atoms with E-state index in [-0.39, 0.29) is 0 Å². The fraction of sp³-hybridized carbons (Fsp3) is 0.222. The second-order valence-electron chi connectivity index (χ2n) is 2.95. The number of halogens is 3. The molecular weight excluding hydrogens is 349 g/mol. The van der Waals surface area contributed by atoms with Crippen LogP contribution in [0, 0.1) is 6.92 Å². The molecule has 0 saturated carbocycles. The lowest BCUT2D eigenvalue weighted by Crippen LogP contribution is -2.12. The molecule has 16 heavy (non-hydrogen) atoms. The van der Waals surface area contributed by atoms with Crippen molar-refractivity contribution in [3.63, 3.8) is 0 Å². The van der Waals surface area contributed by atoms with E-state index in [9.17, 15) is 9.32 Å². The molecule has 1 aromatic rings. The number of carbonyl (C=O) groups is 1. The molecule has 0 saturated heterocycles. The Morgan fingerprint density at radius 1 is 1.56 bits per heavy atom. The zero-order valence-corrected chi connectivity index (χ0v) is 11.4. The zero-order chi connectivity index (χ0) is 12.3. The standard InChI is InChI=1S/C9H8Br2FNO3/c1-4-6(13)2-5(10)9(8(4)11)15-3-7(14)16-12/h2H,3,13H2,1H3. The van der Waals surface area contributed by atoms with Crippen LogP contribution in [0.1, 0.15) is 5.56 Å². The van der Waals surface area contributed by atoms with Gasteiger partial charge in [-0.05, 0) is 50.4 Å². The normalized spacial score (nSPS) is 10.0. The van der Waals surface area contributed by atoms with Crippen LogP contribution in [0.25, 0.3) is 0 Å². The molecule has 4 nitrogen and oxygen atoms in total. The van der Waals surface area contributed by atoms with Gasteiger partial charge in [0.2, 0.25) is 0 Å². The molecule has 0 heterocycles. The molecule has 0 aliphatic heterocycles. The first-order chi connectivity index (χ1) is 7.47. The van der Waals surface area contributed by atoms with E-state index in [1.54, 1.807) is 13.0 Å². The number of ether oxygens (including phenoxy) is 1. The largest absolute Gasteiger partial charge is 0.479 e. The highest BCUT2D eigenvalue weighted by Gasteiger charge is 2.14. The minimum atomic E-state index is -1.10. The second kappa shape index (κ2) is 5.49. The highest BCUT2D eigenvalue weighted by molar-refractivity contribution is 9.11. The minimum Gasteiger partial charge on any atom is -0.479 e. The topological polar surface area (TPSA) is 61.5 Å². The molecule has 0 amide bonds. The van der Waals surface area contributed by atoms with Crippen LogP contribution in [0.2, 0.25) is 0 Å². The molecule has 2 N–H and O–H groups in total. The lowest BCUT2D eigenvalue weighted by molar-refractivity contribution is -0.185. The summed E-state index contributed by atoms with van der Waals surface area (Å²) in [5, 5.41) is 0. The number of nitrogens with two attached hydrogens (primary N) is 1. The maximum Gasteiger partial charge on any atom is 0.385 e. The average molecular weight is 357 g/mol. The van der Waals surface area contributed by atoms with Gasteiger partial charge in [-0.15, -0.1) is 0 Å². The molecule has 88 valence electrons. The SMILES string of the molecule is Cc1c(N)cc(Br)c(OCC(=O)OF)c1Br. The predicted molar refractivity (Wildman–Crippen MR) is 63.7 cm³/mol. The van der Waals surface area contributed by atoms with E-state index in [0.29, 0.717) is 20.4 Å². The van der Waals surface area contributed by atoms with E-state index in [1.165, 1.54) is 0 Å². The summed E-state index contributed by atoms with van der Waals surface area (Å²) in [6, 6.07) is 1.64. The molecule has 1 aromatic carbocycles. The summed E-state index contributed by atoms with van der Waals surface area (Å²) >= 11 is 6.50. The summed E-state index contributed by atoms with van der Waals surface area (Å²) in [6.07, 6.45) is 0. The van der Waals surface area contributed by atoms with E-state index in [0.717, 1.165) is 5.56 Å². The minimum absolute atomic E-state index is 0.372. The molecule has 0 aliphatic rings. The van der Waals surface area contributed by atoms with Crippen LogP contribution >= 0.6 is 31.9 Å². The Balaban J connectivity index is 2.96. The Morgan fingerprint density at radius 2 is 2.19 bits per heavy atom. The highest BCUT2D eigenvalue weighted by atomic mass is 79.9. The van der Waals surface area contributed by atoms with Crippen molar-refractivity contribution in [2.45, 2.75) is 6.92 Å². The van der Waals surface area contributed by atoms with Crippen LogP contribution in [-0.4, -0.2) is 12.6 Å². The smallest absolute Gasteiger partial charge is 0.385 e. The Bertz CT molecular complexity index is 426. The predicted octanol–water partition coefficient (Wildman–Crippen LogP) is 2.91. The van der Waals surface area contributed by atoms with Gasteiger partial charge in [0.15, 0.2) is 6.61 Å². The lowest BCUT2D eigenvalue weighted by atomic mass is 10.2. The molecule has 0 unspecified atom stereocenters. The van der Waals surface area contributed by atoms with E-state index < -0.39 is 12.6 Å². The molecular formula is C9H8Br2FNO3. The number of nitrogen functional groups attached to an aromatic ring is 1. The number of rotatable bonds is 3. The van der Waals surface area contributed by atoms with E-state index in [1.807, 2.05) is 0 Å². The molecule has 0 bridgehead atoms. The third-order valence-electron chi connectivity index (χ3n) is 1.88. The Hall–Kier alpha value is -0.820. The molecule has 0 fully saturated rings. The fourth-order valence-electron chi connectivity index (χ4n) is 0.998. The maximum atomic E-state index is 11.5. The van der Waals surface area contributed by atoms with E-state index >= 15 is 0 Å². The van der Waals surface area contributed by atoms with Crippen molar-refractivity contribution in [1.82, 2.24) is 0 Å². The first-order valence-electron chi connectivity index (χ1n) is 4.15. The second-order valence-corrected chi connectivity index (χ2v) is 4.60. The molecule has 0 spiro atoms. The summed E-state index contributed by atoms with van der Waals surface area (Å²) in [5.74, 6) is -0.731. The van der Waals surface area contributed by atoms with Crippen LogP contribution in [0.15, 0.2) is 15.0 Å². The van der Waals surface area contributed by atoms with Crippen LogP contribution in [0.5, 0.6) is 5.75 Å². The summed E-state index contributed by atoms with van der Waals surface area (Å²) in [5.41, 5.74) is 7.04. The summed E-state index contributed by atoms with van der Waals surface area (Å²) in [4.78, 5) is 13.6. The number of anilines is 1. The number of benzene rings is 1. The molecule has 0 aliphatic carbocycles. The van der Waals surface area contributed by atoms with Crippen LogP contribution < -0.4 is 10.5 Å². The van der Waals surface area contributed by atoms with Gasteiger partial charge < -0.3 is 10.5 Å². The Kier molecular flexibility index (Phi) is 4.55. The Morgan fingerprint density at radius 3 is 2.75 bits per heavy atom. The molecule has 0 radical (unpaired) electrons. The molecule has 1 rings (SSSR count). The summed E-state index contributed by atoms with van der Waals surface area (Å²) in [7, 11) is 0. The van der Waals surface area contributed by atoms with Crippen molar-refractivity contribution in [1.29, 1.82) is 0 Å². The third kappa shape index (κ3) is 2.85. The maximum absolute atomic E-state index is 11.5.